The van der Waals surface area contributed by atoms with Gasteiger partial charge in [0.15, 0.2) is 0 Å². The van der Waals surface area contributed by atoms with E-state index in [2.05, 4.69) is 0 Å². The molecule has 0 aliphatic carbocycles. The summed E-state index contributed by atoms with van der Waals surface area (Å²) in [6, 6.07) is 4.62. The van der Waals surface area contributed by atoms with Gasteiger partial charge in [-0.25, -0.2) is 4.39 Å². The maximum atomic E-state index is 13.4. The van der Waals surface area contributed by atoms with Crippen molar-refractivity contribution in [2.75, 3.05) is 13.6 Å². The van der Waals surface area contributed by atoms with Gasteiger partial charge in [-0.2, -0.15) is 0 Å². The van der Waals surface area contributed by atoms with Crippen LogP contribution in [-0.2, 0) is 6.54 Å². The van der Waals surface area contributed by atoms with Gasteiger partial charge in [-0.1, -0.05) is 29.9 Å². The highest BCUT2D eigenvalue weighted by Crippen LogP contribution is 2.20. The molecular formula is C10H12ClFN2S. The Hall–Kier alpha value is -0.710. The SMILES string of the molecule is CN(CC(N)=S)Cc1c(F)cccc1Cl. The van der Waals surface area contributed by atoms with Crippen molar-refractivity contribution in [3.05, 3.63) is 34.6 Å². The Bertz CT molecular complexity index is 350. The van der Waals surface area contributed by atoms with Crippen LogP contribution in [0.4, 0.5) is 4.39 Å². The van der Waals surface area contributed by atoms with Gasteiger partial charge in [-0.3, -0.25) is 4.90 Å². The number of halogens is 2. The van der Waals surface area contributed by atoms with Gasteiger partial charge in [0.2, 0.25) is 0 Å². The lowest BCUT2D eigenvalue weighted by Crippen LogP contribution is -2.29. The summed E-state index contributed by atoms with van der Waals surface area (Å²) in [4.78, 5) is 2.19. The van der Waals surface area contributed by atoms with Crippen LogP contribution in [0.1, 0.15) is 5.56 Å². The minimum Gasteiger partial charge on any atom is -0.392 e. The second kappa shape index (κ2) is 5.39. The molecule has 0 aliphatic heterocycles. The quantitative estimate of drug-likeness (QED) is 0.826. The van der Waals surface area contributed by atoms with Gasteiger partial charge >= 0.3 is 0 Å². The van der Waals surface area contributed by atoms with Crippen LogP contribution in [-0.4, -0.2) is 23.5 Å². The molecule has 0 atom stereocenters. The normalized spacial score (nSPS) is 10.7. The number of benzene rings is 1. The zero-order valence-electron chi connectivity index (χ0n) is 8.34. The standard InChI is InChI=1S/C10H12ClFN2S/c1-14(6-10(13)15)5-7-8(11)3-2-4-9(7)12/h2-4H,5-6H2,1H3,(H2,13,15). The van der Waals surface area contributed by atoms with Crippen molar-refractivity contribution in [1.82, 2.24) is 4.90 Å². The molecule has 0 aromatic heterocycles. The molecule has 2 nitrogen and oxygen atoms in total. The van der Waals surface area contributed by atoms with E-state index < -0.39 is 0 Å². The third kappa shape index (κ3) is 3.74. The molecule has 5 heteroatoms. The van der Waals surface area contributed by atoms with Crippen molar-refractivity contribution in [1.29, 1.82) is 0 Å². The Morgan fingerprint density at radius 2 is 2.27 bits per heavy atom. The summed E-state index contributed by atoms with van der Waals surface area (Å²) >= 11 is 10.6. The van der Waals surface area contributed by atoms with E-state index in [4.69, 9.17) is 29.6 Å². The third-order valence-corrected chi connectivity index (χ3v) is 2.40. The number of likely N-dealkylation sites (N-methyl/N-ethyl adjacent to an activating group) is 1. The smallest absolute Gasteiger partial charge is 0.129 e. The monoisotopic (exact) mass is 246 g/mol. The lowest BCUT2D eigenvalue weighted by atomic mass is 10.2. The fourth-order valence-corrected chi connectivity index (χ4v) is 1.72. The number of hydrogen-bond donors (Lipinski definition) is 1. The zero-order valence-corrected chi connectivity index (χ0v) is 9.91. The summed E-state index contributed by atoms with van der Waals surface area (Å²) in [5, 5.41) is 0.421. The Kier molecular flexibility index (Phi) is 4.45. The molecule has 0 saturated carbocycles. The van der Waals surface area contributed by atoms with E-state index in [1.54, 1.807) is 12.1 Å². The molecule has 82 valence electrons. The first-order chi connectivity index (χ1) is 7.00. The highest BCUT2D eigenvalue weighted by Gasteiger charge is 2.09. The van der Waals surface area contributed by atoms with E-state index in [9.17, 15) is 4.39 Å². The van der Waals surface area contributed by atoms with E-state index in [-0.39, 0.29) is 5.82 Å². The summed E-state index contributed by atoms with van der Waals surface area (Å²) in [6.07, 6.45) is 0. The lowest BCUT2D eigenvalue weighted by molar-refractivity contribution is 0.367. The molecule has 0 heterocycles. The van der Waals surface area contributed by atoms with Gasteiger partial charge in [0.1, 0.15) is 5.82 Å². The molecule has 0 spiro atoms. The van der Waals surface area contributed by atoms with Crippen LogP contribution < -0.4 is 5.73 Å². The van der Waals surface area contributed by atoms with Gasteiger partial charge in [-0.15, -0.1) is 0 Å². The molecular weight excluding hydrogens is 235 g/mol. The van der Waals surface area contributed by atoms with Gasteiger partial charge in [0.25, 0.3) is 0 Å². The number of thiocarbonyl (C=S) groups is 1. The second-order valence-corrected chi connectivity index (χ2v) is 4.27. The Morgan fingerprint density at radius 3 is 2.80 bits per heavy atom. The number of nitrogens with two attached hydrogens (primary N) is 1. The van der Waals surface area contributed by atoms with Crippen molar-refractivity contribution in [2.24, 2.45) is 5.73 Å². The van der Waals surface area contributed by atoms with Crippen molar-refractivity contribution >= 4 is 28.8 Å². The van der Waals surface area contributed by atoms with Gasteiger partial charge in [-0.05, 0) is 19.2 Å². The number of rotatable bonds is 4. The van der Waals surface area contributed by atoms with Crippen LogP contribution in [0.2, 0.25) is 5.02 Å². The van der Waals surface area contributed by atoms with Gasteiger partial charge in [0.05, 0.1) is 4.99 Å². The molecule has 0 unspecified atom stereocenters. The predicted molar refractivity (Wildman–Crippen MR) is 64.5 cm³/mol. The predicted octanol–water partition coefficient (Wildman–Crippen LogP) is 2.20. The maximum absolute atomic E-state index is 13.4. The van der Waals surface area contributed by atoms with Crippen LogP contribution in [0.25, 0.3) is 0 Å². The minimum absolute atomic E-state index is 0.308. The first kappa shape index (κ1) is 12.4. The summed E-state index contributed by atoms with van der Waals surface area (Å²) in [5.74, 6) is -0.308. The Balaban J connectivity index is 2.76. The van der Waals surface area contributed by atoms with Crippen molar-refractivity contribution in [2.45, 2.75) is 6.54 Å². The van der Waals surface area contributed by atoms with Crippen LogP contribution in [0.5, 0.6) is 0 Å². The summed E-state index contributed by atoms with van der Waals surface area (Å²) < 4.78 is 13.4. The molecule has 2 N–H and O–H groups in total. The molecule has 1 rings (SSSR count). The van der Waals surface area contributed by atoms with Crippen LogP contribution >= 0.6 is 23.8 Å². The van der Waals surface area contributed by atoms with Crippen LogP contribution in [0.15, 0.2) is 18.2 Å². The van der Waals surface area contributed by atoms with Crippen LogP contribution in [0.3, 0.4) is 0 Å². The highest BCUT2D eigenvalue weighted by atomic mass is 35.5. The van der Waals surface area contributed by atoms with E-state index in [0.29, 0.717) is 28.7 Å². The topological polar surface area (TPSA) is 29.3 Å². The average Bonchev–Trinajstić information content (AvgIpc) is 2.10. The second-order valence-electron chi connectivity index (χ2n) is 3.34. The molecule has 0 bridgehead atoms. The summed E-state index contributed by atoms with van der Waals surface area (Å²) in [7, 11) is 1.81. The first-order valence-corrected chi connectivity index (χ1v) is 5.19. The van der Waals surface area contributed by atoms with E-state index in [1.165, 1.54) is 6.07 Å². The summed E-state index contributed by atoms with van der Waals surface area (Å²) in [6.45, 7) is 0.836. The van der Waals surface area contributed by atoms with Crippen LogP contribution in [0, 0.1) is 5.82 Å². The minimum atomic E-state index is -0.308. The third-order valence-electron chi connectivity index (χ3n) is 1.92. The lowest BCUT2D eigenvalue weighted by Gasteiger charge is -2.16. The van der Waals surface area contributed by atoms with Gasteiger partial charge in [0, 0.05) is 23.7 Å². The highest BCUT2D eigenvalue weighted by molar-refractivity contribution is 7.80. The molecule has 0 saturated heterocycles. The molecule has 1 aromatic carbocycles. The molecule has 0 radical (unpaired) electrons. The fraction of sp³-hybridized carbons (Fsp3) is 0.300. The molecule has 0 aliphatic rings. The molecule has 0 fully saturated rings. The van der Waals surface area contributed by atoms with Crippen molar-refractivity contribution < 1.29 is 4.39 Å². The average molecular weight is 247 g/mol. The van der Waals surface area contributed by atoms with E-state index in [1.807, 2.05) is 11.9 Å². The van der Waals surface area contributed by atoms with Gasteiger partial charge < -0.3 is 5.73 Å². The number of nitrogens with zero attached hydrogens (tertiary/aromatic N) is 1. The largest absolute Gasteiger partial charge is 0.392 e. The van der Waals surface area contributed by atoms with E-state index in [0.717, 1.165) is 0 Å². The van der Waals surface area contributed by atoms with Crippen molar-refractivity contribution in [3.63, 3.8) is 0 Å². The zero-order chi connectivity index (χ0) is 11.4. The Morgan fingerprint density at radius 1 is 1.60 bits per heavy atom. The molecule has 15 heavy (non-hydrogen) atoms. The Labute approximate surface area is 98.8 Å². The summed E-state index contributed by atoms with van der Waals surface area (Å²) in [5.41, 5.74) is 5.86. The van der Waals surface area contributed by atoms with Crippen molar-refractivity contribution in [3.8, 4) is 0 Å². The number of hydrogen-bond acceptors (Lipinski definition) is 2. The fourth-order valence-electron chi connectivity index (χ4n) is 1.28. The maximum Gasteiger partial charge on any atom is 0.129 e. The molecule has 0 amide bonds. The molecule has 1 aromatic rings. The first-order valence-electron chi connectivity index (χ1n) is 4.40. The van der Waals surface area contributed by atoms with E-state index >= 15 is 0 Å².